The Kier molecular flexibility index (Phi) is 7.28. The summed E-state index contributed by atoms with van der Waals surface area (Å²) in [5.41, 5.74) is 2.08. The molecule has 0 radical (unpaired) electrons. The first-order chi connectivity index (χ1) is 18.0. The van der Waals surface area contributed by atoms with Crippen LogP contribution in [-0.2, 0) is 0 Å². The lowest BCUT2D eigenvalue weighted by Gasteiger charge is -2.06. The third-order valence-electron chi connectivity index (χ3n) is 6.04. The second-order valence-electron chi connectivity index (χ2n) is 8.81. The molecule has 5 rings (SSSR count). The summed E-state index contributed by atoms with van der Waals surface area (Å²) in [6.07, 6.45) is 6.36. The predicted octanol–water partition coefficient (Wildman–Crippen LogP) is 5.79. The maximum Gasteiger partial charge on any atom is 0.291 e. The second-order valence-corrected chi connectivity index (χ2v) is 9.82. The molecule has 2 aromatic carbocycles. The molecule has 0 amide bonds. The number of ether oxygens (including phenoxy) is 1. The zero-order valence-corrected chi connectivity index (χ0v) is 21.6. The second kappa shape index (κ2) is 10.9. The van der Waals surface area contributed by atoms with Gasteiger partial charge in [0.15, 0.2) is 11.6 Å². The van der Waals surface area contributed by atoms with Crippen molar-refractivity contribution >= 4 is 28.2 Å². The number of ketones is 1. The number of carbonyl (C=O) groups excluding carboxylic acids is 1. The zero-order chi connectivity index (χ0) is 25.8. The molecule has 0 spiro atoms. The third-order valence-corrected chi connectivity index (χ3v) is 7.00. The summed E-state index contributed by atoms with van der Waals surface area (Å²) >= 11 is 1.26. The van der Waals surface area contributed by atoms with Gasteiger partial charge in [-0.2, -0.15) is 9.50 Å². The van der Waals surface area contributed by atoms with Crippen LogP contribution in [-0.4, -0.2) is 27.0 Å². The van der Waals surface area contributed by atoms with Crippen molar-refractivity contribution in [1.29, 1.82) is 0 Å². The van der Waals surface area contributed by atoms with Crippen molar-refractivity contribution in [3.05, 3.63) is 86.9 Å². The van der Waals surface area contributed by atoms with Gasteiger partial charge in [-0.15, -0.1) is 5.10 Å². The molecule has 37 heavy (non-hydrogen) atoms. The van der Waals surface area contributed by atoms with E-state index in [9.17, 15) is 9.59 Å². The Labute approximate surface area is 218 Å². The lowest BCUT2D eigenvalue weighted by atomic mass is 10.1. The van der Waals surface area contributed by atoms with E-state index in [1.807, 2.05) is 48.5 Å². The number of furan rings is 1. The number of unbranched alkanes of at least 4 members (excludes halogenated alkanes) is 3. The van der Waals surface area contributed by atoms with Gasteiger partial charge in [-0.25, -0.2) is 0 Å². The fourth-order valence-electron chi connectivity index (χ4n) is 3.96. The number of fused-ring (bicyclic) bond motifs is 1. The van der Waals surface area contributed by atoms with Crippen molar-refractivity contribution in [2.75, 3.05) is 6.61 Å². The lowest BCUT2D eigenvalue weighted by molar-refractivity contribution is 0.101. The number of hydrogen-bond donors (Lipinski definition) is 0. The number of rotatable bonds is 10. The van der Waals surface area contributed by atoms with Crippen molar-refractivity contribution < 1.29 is 13.9 Å². The molecule has 0 saturated heterocycles. The number of hydrogen-bond acceptors (Lipinski definition) is 7. The van der Waals surface area contributed by atoms with E-state index >= 15 is 0 Å². The molecule has 0 aliphatic rings. The molecule has 0 N–H and O–H groups in total. The SMILES string of the molecule is CCCCCCOc1ccc(-c2nc3s/c(=C/c4ccc(-c5ccc(C(C)=O)cc5)o4)c(=O)n3n2)cc1. The van der Waals surface area contributed by atoms with E-state index in [0.717, 1.165) is 23.3 Å². The summed E-state index contributed by atoms with van der Waals surface area (Å²) in [4.78, 5) is 29.5. The molecule has 8 heteroatoms. The highest BCUT2D eigenvalue weighted by atomic mass is 32.1. The van der Waals surface area contributed by atoms with Gasteiger partial charge in [0.05, 0.1) is 6.61 Å². The minimum absolute atomic E-state index is 0.0154. The molecule has 0 bridgehead atoms. The number of aromatic nitrogens is 3. The average molecular weight is 514 g/mol. The van der Waals surface area contributed by atoms with E-state index in [0.29, 0.717) is 39.0 Å². The maximum atomic E-state index is 12.9. The first-order valence-electron chi connectivity index (χ1n) is 12.4. The highest BCUT2D eigenvalue weighted by molar-refractivity contribution is 7.15. The molecule has 3 heterocycles. The molecule has 0 atom stereocenters. The quantitative estimate of drug-likeness (QED) is 0.174. The Morgan fingerprint density at radius 1 is 1.00 bits per heavy atom. The number of nitrogens with zero attached hydrogens (tertiary/aromatic N) is 3. The van der Waals surface area contributed by atoms with E-state index in [1.165, 1.54) is 42.0 Å². The van der Waals surface area contributed by atoms with Crippen LogP contribution in [0.25, 0.3) is 33.7 Å². The Hall–Kier alpha value is -4.04. The molecule has 3 aromatic heterocycles. The Bertz CT molecular complexity index is 1630. The Morgan fingerprint density at radius 2 is 1.76 bits per heavy atom. The van der Waals surface area contributed by atoms with Gasteiger partial charge >= 0.3 is 0 Å². The van der Waals surface area contributed by atoms with Gasteiger partial charge < -0.3 is 9.15 Å². The highest BCUT2D eigenvalue weighted by Crippen LogP contribution is 2.24. The summed E-state index contributed by atoms with van der Waals surface area (Å²) < 4.78 is 13.5. The van der Waals surface area contributed by atoms with Crippen molar-refractivity contribution in [2.24, 2.45) is 0 Å². The lowest BCUT2D eigenvalue weighted by Crippen LogP contribution is -2.23. The highest BCUT2D eigenvalue weighted by Gasteiger charge is 2.13. The molecule has 0 saturated carbocycles. The molecular weight excluding hydrogens is 486 g/mol. The normalized spacial score (nSPS) is 11.9. The first kappa shape index (κ1) is 24.6. The van der Waals surface area contributed by atoms with Crippen LogP contribution in [0.5, 0.6) is 5.75 Å². The minimum atomic E-state index is -0.241. The smallest absolute Gasteiger partial charge is 0.291 e. The zero-order valence-electron chi connectivity index (χ0n) is 20.8. The molecule has 0 aliphatic heterocycles. The van der Waals surface area contributed by atoms with E-state index < -0.39 is 0 Å². The summed E-state index contributed by atoms with van der Waals surface area (Å²) in [6, 6.07) is 18.5. The molecule has 0 unspecified atom stereocenters. The summed E-state index contributed by atoms with van der Waals surface area (Å²) in [6.45, 7) is 4.43. The molecule has 7 nitrogen and oxygen atoms in total. The summed E-state index contributed by atoms with van der Waals surface area (Å²) in [7, 11) is 0. The van der Waals surface area contributed by atoms with Gasteiger partial charge in [0.25, 0.3) is 5.56 Å². The standard InChI is InChI=1S/C29H27N3O4S/c1-3-4-5-6-17-35-23-13-11-22(12-14-23)27-30-29-32(31-27)28(34)26(37-29)18-24-15-16-25(36-24)21-9-7-20(8-10-21)19(2)33/h7-16,18H,3-6,17H2,1-2H3/b26-18+. The molecule has 0 fully saturated rings. The number of thiazole rings is 1. The molecule has 0 aliphatic carbocycles. The molecular formula is C29H27N3O4S. The van der Waals surface area contributed by atoms with E-state index in [4.69, 9.17) is 9.15 Å². The van der Waals surface area contributed by atoms with Crippen molar-refractivity contribution in [3.8, 4) is 28.5 Å². The van der Waals surface area contributed by atoms with Crippen LogP contribution in [0.2, 0.25) is 0 Å². The predicted molar refractivity (Wildman–Crippen MR) is 145 cm³/mol. The van der Waals surface area contributed by atoms with Crippen LogP contribution in [0.15, 0.2) is 69.9 Å². The third kappa shape index (κ3) is 5.54. The van der Waals surface area contributed by atoms with E-state index in [2.05, 4.69) is 17.0 Å². The Balaban J connectivity index is 1.31. The van der Waals surface area contributed by atoms with Gasteiger partial charge in [-0.3, -0.25) is 9.59 Å². The van der Waals surface area contributed by atoms with E-state index in [1.54, 1.807) is 18.2 Å². The minimum Gasteiger partial charge on any atom is -0.494 e. The topological polar surface area (TPSA) is 86.7 Å². The number of carbonyl (C=O) groups is 1. The van der Waals surface area contributed by atoms with Gasteiger partial charge in [0.1, 0.15) is 21.8 Å². The van der Waals surface area contributed by atoms with Crippen molar-refractivity contribution in [2.45, 2.75) is 39.5 Å². The average Bonchev–Trinajstić information content (AvgIpc) is 3.62. The monoisotopic (exact) mass is 513 g/mol. The largest absolute Gasteiger partial charge is 0.494 e. The maximum absolute atomic E-state index is 12.9. The van der Waals surface area contributed by atoms with Crippen LogP contribution in [0.3, 0.4) is 0 Å². The number of benzene rings is 2. The van der Waals surface area contributed by atoms with Gasteiger partial charge in [-0.1, -0.05) is 61.8 Å². The first-order valence-corrected chi connectivity index (χ1v) is 13.2. The van der Waals surface area contributed by atoms with Crippen LogP contribution in [0.4, 0.5) is 0 Å². The Morgan fingerprint density at radius 3 is 2.46 bits per heavy atom. The summed E-state index contributed by atoms with van der Waals surface area (Å²) in [5, 5.41) is 4.43. The molecule has 188 valence electrons. The summed E-state index contributed by atoms with van der Waals surface area (Å²) in [5.74, 6) is 2.54. The van der Waals surface area contributed by atoms with Gasteiger partial charge in [0.2, 0.25) is 4.96 Å². The van der Waals surface area contributed by atoms with Crippen molar-refractivity contribution in [3.63, 3.8) is 0 Å². The van der Waals surface area contributed by atoms with Crippen LogP contribution in [0.1, 0.15) is 55.6 Å². The van der Waals surface area contributed by atoms with Crippen LogP contribution < -0.4 is 14.8 Å². The van der Waals surface area contributed by atoms with Crippen LogP contribution >= 0.6 is 11.3 Å². The fourth-order valence-corrected chi connectivity index (χ4v) is 4.85. The molecule has 5 aromatic rings. The number of Topliss-reactive ketones (excluding diaryl/α,β-unsaturated/α-hetero) is 1. The van der Waals surface area contributed by atoms with Crippen molar-refractivity contribution in [1.82, 2.24) is 14.6 Å². The van der Waals surface area contributed by atoms with Crippen LogP contribution in [0, 0.1) is 0 Å². The van der Waals surface area contributed by atoms with Gasteiger partial charge in [-0.05, 0) is 49.7 Å². The van der Waals surface area contributed by atoms with E-state index in [-0.39, 0.29) is 11.3 Å². The van der Waals surface area contributed by atoms with Gasteiger partial charge in [0, 0.05) is 22.8 Å². The fraction of sp³-hybridized carbons (Fsp3) is 0.241.